The highest BCUT2D eigenvalue weighted by molar-refractivity contribution is 6.02. The Balaban J connectivity index is 2.18. The van der Waals surface area contributed by atoms with Gasteiger partial charge in [-0.1, -0.05) is 57.2 Å². The Hall–Kier alpha value is -3.13. The highest BCUT2D eigenvalue weighted by atomic mass is 16.2. The van der Waals surface area contributed by atoms with Crippen molar-refractivity contribution in [3.63, 3.8) is 0 Å². The molecule has 5 nitrogen and oxygen atoms in total. The molecule has 0 saturated heterocycles. The zero-order valence-corrected chi connectivity index (χ0v) is 17.0. The van der Waals surface area contributed by atoms with Crippen LogP contribution >= 0.6 is 0 Å². The van der Waals surface area contributed by atoms with E-state index in [-0.39, 0.29) is 17.3 Å². The van der Waals surface area contributed by atoms with E-state index in [1.54, 1.807) is 19.2 Å². The van der Waals surface area contributed by atoms with Gasteiger partial charge in [-0.05, 0) is 41.2 Å². The fraction of sp³-hybridized carbons (Fsp3) is 0.348. The van der Waals surface area contributed by atoms with Gasteiger partial charge in [0.2, 0.25) is 5.91 Å². The molecule has 0 spiro atoms. The lowest BCUT2D eigenvalue weighted by Crippen LogP contribution is -2.52. The number of carbonyl (C=O) groups excluding carboxylic acids is 1. The van der Waals surface area contributed by atoms with E-state index in [4.69, 9.17) is 10.7 Å². The molecule has 1 aliphatic rings. The van der Waals surface area contributed by atoms with Gasteiger partial charge in [-0.25, -0.2) is 4.99 Å². The van der Waals surface area contributed by atoms with Gasteiger partial charge in [0.25, 0.3) is 0 Å². The fourth-order valence-corrected chi connectivity index (χ4v) is 3.70. The van der Waals surface area contributed by atoms with Crippen LogP contribution in [0.25, 0.3) is 0 Å². The van der Waals surface area contributed by atoms with Gasteiger partial charge >= 0.3 is 0 Å². The van der Waals surface area contributed by atoms with Gasteiger partial charge in [0.1, 0.15) is 5.54 Å². The summed E-state index contributed by atoms with van der Waals surface area (Å²) in [5.74, 6) is -0.467. The number of amides is 1. The van der Waals surface area contributed by atoms with Crippen molar-refractivity contribution in [2.75, 3.05) is 7.05 Å². The van der Waals surface area contributed by atoms with Crippen molar-refractivity contribution < 1.29 is 4.79 Å². The van der Waals surface area contributed by atoms with Gasteiger partial charge in [-0.3, -0.25) is 9.69 Å². The number of nitrogens with zero attached hydrogens (tertiary/aromatic N) is 3. The van der Waals surface area contributed by atoms with Gasteiger partial charge in [0.05, 0.1) is 17.6 Å². The highest BCUT2D eigenvalue weighted by Crippen LogP contribution is 2.44. The quantitative estimate of drug-likeness (QED) is 0.871. The van der Waals surface area contributed by atoms with Crippen molar-refractivity contribution in [1.82, 2.24) is 4.90 Å². The van der Waals surface area contributed by atoms with Crippen molar-refractivity contribution in [2.45, 2.75) is 44.6 Å². The molecule has 0 fully saturated rings. The van der Waals surface area contributed by atoms with E-state index in [9.17, 15) is 10.1 Å². The molecule has 3 rings (SSSR count). The van der Waals surface area contributed by atoms with Crippen LogP contribution in [0.2, 0.25) is 0 Å². The molecule has 2 N–H and O–H groups in total. The first-order chi connectivity index (χ1) is 13.1. The molecule has 5 heteroatoms. The summed E-state index contributed by atoms with van der Waals surface area (Å²) in [5, 5.41) is 9.29. The molecule has 2 atom stereocenters. The van der Waals surface area contributed by atoms with E-state index < -0.39 is 11.5 Å². The number of hydrogen-bond acceptors (Lipinski definition) is 4. The first-order valence-corrected chi connectivity index (χ1v) is 9.32. The lowest BCUT2D eigenvalue weighted by molar-refractivity contribution is -0.130. The predicted octanol–water partition coefficient (Wildman–Crippen LogP) is 3.64. The van der Waals surface area contributed by atoms with Gasteiger partial charge in [0.15, 0.2) is 5.96 Å². The molecular formula is C23H26N4O. The molecule has 1 unspecified atom stereocenters. The normalized spacial score (nSPS) is 22.6. The number of rotatable bonds is 2. The van der Waals surface area contributed by atoms with Crippen LogP contribution in [-0.4, -0.2) is 23.8 Å². The number of hydrogen-bond donors (Lipinski definition) is 1. The Kier molecular flexibility index (Phi) is 4.76. The standard InChI is InChI=1S/C23H26N4O/c1-22(2,3)17-11-9-16(10-12-17)19-20(28)27(5)21(25)26-23(19,4)18-8-6-7-15(13-18)14-24/h6-13,19H,1-5H3,(H2,25,26)/t19?,23-/m1/s1. The van der Waals surface area contributed by atoms with E-state index in [0.29, 0.717) is 5.56 Å². The largest absolute Gasteiger partial charge is 0.369 e. The summed E-state index contributed by atoms with van der Waals surface area (Å²) in [7, 11) is 1.64. The van der Waals surface area contributed by atoms with Crippen molar-refractivity contribution >= 4 is 11.9 Å². The van der Waals surface area contributed by atoms with Crippen LogP contribution < -0.4 is 5.73 Å². The lowest BCUT2D eigenvalue weighted by Gasteiger charge is -2.41. The van der Waals surface area contributed by atoms with Crippen LogP contribution in [0.1, 0.15) is 55.9 Å². The molecule has 0 aliphatic carbocycles. The molecule has 2 aromatic rings. The average molecular weight is 374 g/mol. The molecule has 0 bridgehead atoms. The maximum Gasteiger partial charge on any atom is 0.239 e. The number of nitriles is 1. The van der Waals surface area contributed by atoms with E-state index in [2.05, 4.69) is 39.0 Å². The summed E-state index contributed by atoms with van der Waals surface area (Å²) < 4.78 is 0. The molecule has 144 valence electrons. The first kappa shape index (κ1) is 19.6. The van der Waals surface area contributed by atoms with E-state index in [1.807, 2.05) is 31.2 Å². The second kappa shape index (κ2) is 6.79. The third-order valence-corrected chi connectivity index (χ3v) is 5.52. The molecule has 1 amide bonds. The molecular weight excluding hydrogens is 348 g/mol. The second-order valence-corrected chi connectivity index (χ2v) is 8.51. The van der Waals surface area contributed by atoms with Gasteiger partial charge in [0, 0.05) is 7.05 Å². The second-order valence-electron chi connectivity index (χ2n) is 8.51. The zero-order valence-electron chi connectivity index (χ0n) is 17.0. The number of aliphatic imine (C=N–C) groups is 1. The van der Waals surface area contributed by atoms with Crippen LogP contribution in [0, 0.1) is 11.3 Å². The maximum absolute atomic E-state index is 13.3. The van der Waals surface area contributed by atoms with Crippen LogP contribution in [0.15, 0.2) is 53.5 Å². The van der Waals surface area contributed by atoms with E-state index in [0.717, 1.165) is 11.1 Å². The molecule has 1 heterocycles. The third-order valence-electron chi connectivity index (χ3n) is 5.52. The molecule has 28 heavy (non-hydrogen) atoms. The van der Waals surface area contributed by atoms with Gasteiger partial charge < -0.3 is 5.73 Å². The summed E-state index contributed by atoms with van der Waals surface area (Å²) in [6.07, 6.45) is 0. The monoisotopic (exact) mass is 374 g/mol. The summed E-state index contributed by atoms with van der Waals surface area (Å²) in [5.41, 5.74) is 8.59. The fourth-order valence-electron chi connectivity index (χ4n) is 3.70. The lowest BCUT2D eigenvalue weighted by atomic mass is 9.73. The smallest absolute Gasteiger partial charge is 0.239 e. The highest BCUT2D eigenvalue weighted by Gasteiger charge is 2.47. The van der Waals surface area contributed by atoms with E-state index in [1.165, 1.54) is 10.5 Å². The van der Waals surface area contributed by atoms with Crippen molar-refractivity contribution in [3.05, 3.63) is 70.8 Å². The van der Waals surface area contributed by atoms with Crippen LogP contribution in [0.3, 0.4) is 0 Å². The number of benzene rings is 2. The molecule has 2 aromatic carbocycles. The Morgan fingerprint density at radius 3 is 2.39 bits per heavy atom. The van der Waals surface area contributed by atoms with E-state index >= 15 is 0 Å². The van der Waals surface area contributed by atoms with Crippen molar-refractivity contribution in [2.24, 2.45) is 10.7 Å². The van der Waals surface area contributed by atoms with Gasteiger partial charge in [-0.2, -0.15) is 5.26 Å². The third kappa shape index (κ3) is 3.27. The summed E-state index contributed by atoms with van der Waals surface area (Å²) in [4.78, 5) is 19.4. The molecule has 0 aromatic heterocycles. The first-order valence-electron chi connectivity index (χ1n) is 9.32. The van der Waals surface area contributed by atoms with Crippen LogP contribution in [0.4, 0.5) is 0 Å². The van der Waals surface area contributed by atoms with Crippen molar-refractivity contribution in [1.29, 1.82) is 5.26 Å². The zero-order chi connectivity index (χ0) is 20.7. The molecule has 0 saturated carbocycles. The van der Waals surface area contributed by atoms with Crippen molar-refractivity contribution in [3.8, 4) is 6.07 Å². The number of guanidine groups is 1. The Labute approximate surface area is 166 Å². The summed E-state index contributed by atoms with van der Waals surface area (Å²) in [6, 6.07) is 17.5. The minimum absolute atomic E-state index is 0.0267. The van der Waals surface area contributed by atoms with Crippen LogP contribution in [-0.2, 0) is 15.7 Å². The Morgan fingerprint density at radius 2 is 1.82 bits per heavy atom. The topological polar surface area (TPSA) is 82.5 Å². The Bertz CT molecular complexity index is 979. The Morgan fingerprint density at radius 1 is 1.18 bits per heavy atom. The predicted molar refractivity (Wildman–Crippen MR) is 111 cm³/mol. The SMILES string of the molecule is CN1C(=O)C(c2ccc(C(C)(C)C)cc2)[C@@](C)(c2cccc(C#N)c2)N=C1N. The number of nitrogens with two attached hydrogens (primary N) is 1. The number of carbonyl (C=O) groups is 1. The average Bonchev–Trinajstić information content (AvgIpc) is 2.66. The minimum atomic E-state index is -0.899. The molecule has 1 aliphatic heterocycles. The summed E-state index contributed by atoms with van der Waals surface area (Å²) in [6.45, 7) is 8.38. The number of likely N-dealkylation sites (N-methyl/N-ethyl adjacent to an activating group) is 1. The molecule has 0 radical (unpaired) electrons. The maximum atomic E-state index is 13.3. The minimum Gasteiger partial charge on any atom is -0.369 e. The summed E-state index contributed by atoms with van der Waals surface area (Å²) >= 11 is 0. The van der Waals surface area contributed by atoms with Crippen LogP contribution in [0.5, 0.6) is 0 Å². The van der Waals surface area contributed by atoms with Gasteiger partial charge in [-0.15, -0.1) is 0 Å².